The Morgan fingerprint density at radius 2 is 1.96 bits per heavy atom. The van der Waals surface area contributed by atoms with E-state index in [2.05, 4.69) is 15.5 Å². The lowest BCUT2D eigenvalue weighted by Crippen LogP contribution is -2.35. The van der Waals surface area contributed by atoms with E-state index in [9.17, 15) is 4.79 Å². The molecule has 3 aromatic rings. The van der Waals surface area contributed by atoms with Gasteiger partial charge >= 0.3 is 0 Å². The molecule has 3 rings (SSSR count). The summed E-state index contributed by atoms with van der Waals surface area (Å²) in [6.45, 7) is 3.80. The van der Waals surface area contributed by atoms with E-state index in [1.807, 2.05) is 55.5 Å². The number of nitrogens with one attached hydrogen (secondary N) is 1. The van der Waals surface area contributed by atoms with Crippen molar-refractivity contribution in [2.24, 2.45) is 0 Å². The second-order valence-electron chi connectivity index (χ2n) is 6.03. The van der Waals surface area contributed by atoms with Crippen molar-refractivity contribution < 1.29 is 18.8 Å². The van der Waals surface area contributed by atoms with E-state index in [1.165, 1.54) is 0 Å². The van der Waals surface area contributed by atoms with Crippen LogP contribution >= 0.6 is 0 Å². The maximum Gasteiger partial charge on any atom is 0.261 e. The average molecular weight is 367 g/mol. The molecule has 7 nitrogen and oxygen atoms in total. The number of hydrogen-bond acceptors (Lipinski definition) is 6. The first kappa shape index (κ1) is 18.4. The molecule has 0 aliphatic rings. The quantitative estimate of drug-likeness (QED) is 0.690. The van der Waals surface area contributed by atoms with Crippen molar-refractivity contribution in [3.63, 3.8) is 0 Å². The fourth-order valence-electron chi connectivity index (χ4n) is 2.39. The third kappa shape index (κ3) is 4.84. The molecule has 0 fully saturated rings. The number of nitrogens with zero attached hydrogens (tertiary/aromatic N) is 2. The van der Waals surface area contributed by atoms with E-state index in [-0.39, 0.29) is 12.5 Å². The fourth-order valence-corrected chi connectivity index (χ4v) is 2.39. The van der Waals surface area contributed by atoms with Crippen molar-refractivity contribution in [2.75, 3.05) is 7.11 Å². The van der Waals surface area contributed by atoms with Crippen LogP contribution < -0.4 is 14.8 Å². The monoisotopic (exact) mass is 367 g/mol. The van der Waals surface area contributed by atoms with Gasteiger partial charge in [-0.15, -0.1) is 0 Å². The topological polar surface area (TPSA) is 86.5 Å². The molecule has 27 heavy (non-hydrogen) atoms. The average Bonchev–Trinajstić information content (AvgIpc) is 3.17. The number of carbonyl (C=O) groups is 1. The first-order valence-corrected chi connectivity index (χ1v) is 8.53. The zero-order valence-electron chi connectivity index (χ0n) is 15.4. The number of benzene rings is 2. The van der Waals surface area contributed by atoms with Crippen molar-refractivity contribution in [1.82, 2.24) is 15.5 Å². The third-order valence-corrected chi connectivity index (χ3v) is 3.91. The van der Waals surface area contributed by atoms with Crippen LogP contribution in [0.2, 0.25) is 0 Å². The van der Waals surface area contributed by atoms with Gasteiger partial charge in [-0.05, 0) is 38.1 Å². The molecule has 1 unspecified atom stereocenters. The molecular formula is C20H21N3O4. The van der Waals surface area contributed by atoms with Gasteiger partial charge in [-0.1, -0.05) is 35.0 Å². The smallest absolute Gasteiger partial charge is 0.261 e. The summed E-state index contributed by atoms with van der Waals surface area (Å²) in [5.74, 6) is 1.82. The molecule has 0 radical (unpaired) electrons. The van der Waals surface area contributed by atoms with Gasteiger partial charge in [-0.2, -0.15) is 4.98 Å². The molecule has 1 atom stereocenters. The predicted octanol–water partition coefficient (Wildman–Crippen LogP) is 3.14. The van der Waals surface area contributed by atoms with Crippen LogP contribution in [0.5, 0.6) is 11.5 Å². The zero-order valence-corrected chi connectivity index (χ0v) is 15.4. The molecule has 1 amide bonds. The Balaban J connectivity index is 1.55. The minimum absolute atomic E-state index is 0.122. The third-order valence-electron chi connectivity index (χ3n) is 3.91. The molecule has 0 aliphatic carbocycles. The van der Waals surface area contributed by atoms with Crippen molar-refractivity contribution >= 4 is 5.91 Å². The molecule has 140 valence electrons. The van der Waals surface area contributed by atoms with Gasteiger partial charge in [0.05, 0.1) is 13.7 Å². The van der Waals surface area contributed by atoms with Gasteiger partial charge in [0.2, 0.25) is 11.7 Å². The lowest BCUT2D eigenvalue weighted by Gasteiger charge is -2.14. The van der Waals surface area contributed by atoms with Crippen molar-refractivity contribution in [1.29, 1.82) is 0 Å². The Bertz CT molecular complexity index is 906. The number of rotatable bonds is 7. The highest BCUT2D eigenvalue weighted by atomic mass is 16.5. The fraction of sp³-hybridized carbons (Fsp3) is 0.250. The van der Waals surface area contributed by atoms with E-state index in [0.29, 0.717) is 23.2 Å². The largest absolute Gasteiger partial charge is 0.497 e. The molecule has 0 saturated carbocycles. The maximum absolute atomic E-state index is 12.2. The van der Waals surface area contributed by atoms with E-state index < -0.39 is 6.10 Å². The number of ether oxygens (including phenoxy) is 2. The van der Waals surface area contributed by atoms with Crippen LogP contribution in [0.1, 0.15) is 18.4 Å². The second kappa shape index (κ2) is 8.35. The molecule has 0 bridgehead atoms. The Kier molecular flexibility index (Phi) is 5.71. The highest BCUT2D eigenvalue weighted by molar-refractivity contribution is 5.80. The predicted molar refractivity (Wildman–Crippen MR) is 99.4 cm³/mol. The van der Waals surface area contributed by atoms with Crippen LogP contribution in [0.15, 0.2) is 53.1 Å². The lowest BCUT2D eigenvalue weighted by molar-refractivity contribution is -0.127. The maximum atomic E-state index is 12.2. The van der Waals surface area contributed by atoms with Crippen LogP contribution in [0.25, 0.3) is 11.4 Å². The van der Waals surface area contributed by atoms with Gasteiger partial charge < -0.3 is 19.3 Å². The number of aryl methyl sites for hydroxylation is 1. The van der Waals surface area contributed by atoms with Crippen LogP contribution in [-0.4, -0.2) is 29.3 Å². The molecule has 0 spiro atoms. The highest BCUT2D eigenvalue weighted by Crippen LogP contribution is 2.21. The summed E-state index contributed by atoms with van der Waals surface area (Å²) >= 11 is 0. The minimum Gasteiger partial charge on any atom is -0.497 e. The van der Waals surface area contributed by atoms with Crippen LogP contribution in [0.3, 0.4) is 0 Å². The van der Waals surface area contributed by atoms with Gasteiger partial charge in [-0.3, -0.25) is 4.79 Å². The van der Waals surface area contributed by atoms with Gasteiger partial charge in [0, 0.05) is 5.56 Å². The lowest BCUT2D eigenvalue weighted by atomic mass is 10.2. The Morgan fingerprint density at radius 3 is 2.70 bits per heavy atom. The van der Waals surface area contributed by atoms with Gasteiger partial charge in [0.1, 0.15) is 11.5 Å². The summed E-state index contributed by atoms with van der Waals surface area (Å²) in [4.78, 5) is 16.5. The Morgan fingerprint density at radius 1 is 1.19 bits per heavy atom. The van der Waals surface area contributed by atoms with E-state index in [4.69, 9.17) is 14.0 Å². The van der Waals surface area contributed by atoms with E-state index >= 15 is 0 Å². The molecule has 0 saturated heterocycles. The molecule has 1 heterocycles. The first-order valence-electron chi connectivity index (χ1n) is 8.53. The molecule has 1 N–H and O–H groups in total. The Labute approximate surface area is 157 Å². The van der Waals surface area contributed by atoms with Gasteiger partial charge in [0.25, 0.3) is 5.91 Å². The standard InChI is InChI=1S/C20H21N3O4/c1-13-7-9-16(10-8-13)26-14(2)20(24)21-12-18-22-19(23-27-18)15-5-4-6-17(11-15)25-3/h4-11,14H,12H2,1-3H3,(H,21,24). The summed E-state index contributed by atoms with van der Waals surface area (Å²) in [7, 11) is 1.59. The van der Waals surface area contributed by atoms with Crippen molar-refractivity contribution in [2.45, 2.75) is 26.5 Å². The highest BCUT2D eigenvalue weighted by Gasteiger charge is 2.16. The van der Waals surface area contributed by atoms with Gasteiger partial charge in [0.15, 0.2) is 6.10 Å². The van der Waals surface area contributed by atoms with E-state index in [0.717, 1.165) is 11.1 Å². The number of aromatic nitrogens is 2. The van der Waals surface area contributed by atoms with Gasteiger partial charge in [-0.25, -0.2) is 0 Å². The molecule has 1 aromatic heterocycles. The summed E-state index contributed by atoms with van der Waals surface area (Å²) < 4.78 is 16.0. The number of methoxy groups -OCH3 is 1. The first-order chi connectivity index (χ1) is 13.0. The van der Waals surface area contributed by atoms with Crippen LogP contribution in [-0.2, 0) is 11.3 Å². The second-order valence-corrected chi connectivity index (χ2v) is 6.03. The number of hydrogen-bond donors (Lipinski definition) is 1. The molecule has 2 aromatic carbocycles. The van der Waals surface area contributed by atoms with Crippen molar-refractivity contribution in [3.8, 4) is 22.9 Å². The van der Waals surface area contributed by atoms with Crippen molar-refractivity contribution in [3.05, 3.63) is 60.0 Å². The molecule has 7 heteroatoms. The van der Waals surface area contributed by atoms with Crippen LogP contribution in [0.4, 0.5) is 0 Å². The summed E-state index contributed by atoms with van der Waals surface area (Å²) in [6, 6.07) is 14.9. The molecule has 0 aliphatic heterocycles. The zero-order chi connectivity index (χ0) is 19.2. The van der Waals surface area contributed by atoms with Crippen LogP contribution in [0, 0.1) is 6.92 Å². The SMILES string of the molecule is COc1cccc(-c2noc(CNC(=O)C(C)Oc3ccc(C)cc3)n2)c1. The summed E-state index contributed by atoms with van der Waals surface area (Å²) in [5.41, 5.74) is 1.90. The summed E-state index contributed by atoms with van der Waals surface area (Å²) in [6.07, 6.45) is -0.645. The van der Waals surface area contributed by atoms with E-state index in [1.54, 1.807) is 14.0 Å². The normalized spacial score (nSPS) is 11.7. The summed E-state index contributed by atoms with van der Waals surface area (Å²) in [5, 5.41) is 6.67. The minimum atomic E-state index is -0.645. The number of carbonyl (C=O) groups excluding carboxylic acids is 1. The molecular weight excluding hydrogens is 346 g/mol. The Hall–Kier alpha value is -3.35. The number of amides is 1.